The number of aliphatic hydroxyl groups excluding tert-OH is 1. The first-order valence-corrected chi connectivity index (χ1v) is 6.63. The fourth-order valence-corrected chi connectivity index (χ4v) is 2.06. The zero-order valence-electron chi connectivity index (χ0n) is 10.2. The summed E-state index contributed by atoms with van der Waals surface area (Å²) in [5.74, 6) is 0.823. The third kappa shape index (κ3) is 3.41. The highest BCUT2D eigenvalue weighted by Gasteiger charge is 2.01. The molecule has 0 saturated carbocycles. The summed E-state index contributed by atoms with van der Waals surface area (Å²) < 4.78 is 0. The topological polar surface area (TPSA) is 61.3 Å². The third-order valence-corrected chi connectivity index (χ3v) is 3.19. The summed E-state index contributed by atoms with van der Waals surface area (Å²) in [5.41, 5.74) is 3.82. The lowest BCUT2D eigenvalue weighted by Crippen LogP contribution is -2.21. The second kappa shape index (κ2) is 6.32. The van der Waals surface area contributed by atoms with Gasteiger partial charge in [0.05, 0.1) is 36.2 Å². The van der Waals surface area contributed by atoms with Crippen LogP contribution >= 0.6 is 11.3 Å². The lowest BCUT2D eigenvalue weighted by molar-refractivity contribution is 0.304. The molecule has 0 spiro atoms. The van der Waals surface area contributed by atoms with E-state index in [0.29, 0.717) is 13.1 Å². The minimum atomic E-state index is 0.139. The predicted molar refractivity (Wildman–Crippen MR) is 74.0 cm³/mol. The van der Waals surface area contributed by atoms with Crippen LogP contribution in [0.5, 0.6) is 0 Å². The van der Waals surface area contributed by atoms with Crippen LogP contribution in [0.3, 0.4) is 0 Å². The van der Waals surface area contributed by atoms with E-state index in [0.717, 1.165) is 17.2 Å². The Kier molecular flexibility index (Phi) is 4.49. The fraction of sp³-hybridized carbons (Fsp3) is 0.333. The molecule has 0 amide bonds. The Hall–Kier alpha value is -1.66. The Balaban J connectivity index is 1.91. The Morgan fingerprint density at radius 1 is 1.39 bits per heavy atom. The molecule has 0 fully saturated rings. The Labute approximate surface area is 110 Å². The number of thiazole rings is 1. The summed E-state index contributed by atoms with van der Waals surface area (Å²) in [5, 5.41) is 14.1. The van der Waals surface area contributed by atoms with E-state index in [1.165, 1.54) is 0 Å². The summed E-state index contributed by atoms with van der Waals surface area (Å²) in [6.07, 6.45) is 1.79. The molecule has 0 bridgehead atoms. The highest BCUT2D eigenvalue weighted by molar-refractivity contribution is 7.07. The molecule has 2 N–H and O–H groups in total. The van der Waals surface area contributed by atoms with Crippen LogP contribution in [-0.4, -0.2) is 35.3 Å². The largest absolute Gasteiger partial charge is 0.395 e. The van der Waals surface area contributed by atoms with Gasteiger partial charge in [0.2, 0.25) is 0 Å². The van der Waals surface area contributed by atoms with E-state index in [1.807, 2.05) is 35.0 Å². The van der Waals surface area contributed by atoms with Crippen molar-refractivity contribution in [1.29, 1.82) is 0 Å². The van der Waals surface area contributed by atoms with Crippen LogP contribution in [0.2, 0.25) is 0 Å². The maximum atomic E-state index is 8.86. The third-order valence-electron chi connectivity index (χ3n) is 2.56. The predicted octanol–water partition coefficient (Wildman–Crippen LogP) is 1.58. The van der Waals surface area contributed by atoms with Crippen LogP contribution in [0, 0.1) is 0 Å². The van der Waals surface area contributed by atoms with Gasteiger partial charge in [0.15, 0.2) is 0 Å². The van der Waals surface area contributed by atoms with Gasteiger partial charge in [0.1, 0.15) is 5.82 Å². The molecule has 2 aromatic rings. The van der Waals surface area contributed by atoms with Crippen molar-refractivity contribution in [2.24, 2.45) is 0 Å². The Morgan fingerprint density at radius 2 is 2.28 bits per heavy atom. The van der Waals surface area contributed by atoms with Crippen LogP contribution in [0.4, 0.5) is 11.5 Å². The van der Waals surface area contributed by atoms with Crippen LogP contribution in [0.25, 0.3) is 0 Å². The molecule has 6 heteroatoms. The zero-order valence-corrected chi connectivity index (χ0v) is 11.0. The van der Waals surface area contributed by atoms with E-state index < -0.39 is 0 Å². The van der Waals surface area contributed by atoms with Gasteiger partial charge in [-0.2, -0.15) is 0 Å². The van der Waals surface area contributed by atoms with Crippen LogP contribution in [0.1, 0.15) is 5.69 Å². The molecule has 0 aromatic carbocycles. The lowest BCUT2D eigenvalue weighted by atomic mass is 10.3. The van der Waals surface area contributed by atoms with Crippen molar-refractivity contribution in [3.05, 3.63) is 34.9 Å². The SMILES string of the molecule is CN(CCO)c1ccc(NCc2cscn2)nc1. The van der Waals surface area contributed by atoms with E-state index in [9.17, 15) is 0 Å². The summed E-state index contributed by atoms with van der Waals surface area (Å²) in [6, 6.07) is 3.90. The standard InChI is InChI=1S/C12H16N4OS/c1-16(4-5-17)11-2-3-12(14-7-11)13-6-10-8-18-9-15-10/h2-3,7-9,17H,4-6H2,1H3,(H,13,14). The van der Waals surface area contributed by atoms with Crippen LogP contribution in [-0.2, 0) is 6.54 Å². The number of aromatic nitrogens is 2. The molecule has 0 saturated heterocycles. The molecular formula is C12H16N4OS. The summed E-state index contributed by atoms with van der Waals surface area (Å²) in [6.45, 7) is 1.43. The molecule has 0 unspecified atom stereocenters. The van der Waals surface area contributed by atoms with Gasteiger partial charge < -0.3 is 15.3 Å². The first-order chi connectivity index (χ1) is 8.79. The fourth-order valence-electron chi connectivity index (χ4n) is 1.50. The van der Waals surface area contributed by atoms with E-state index in [4.69, 9.17) is 5.11 Å². The molecule has 0 aliphatic heterocycles. The van der Waals surface area contributed by atoms with Gasteiger partial charge in [0, 0.05) is 19.0 Å². The van der Waals surface area contributed by atoms with E-state index in [2.05, 4.69) is 15.3 Å². The van der Waals surface area contributed by atoms with E-state index in [1.54, 1.807) is 17.5 Å². The van der Waals surface area contributed by atoms with Gasteiger partial charge in [-0.15, -0.1) is 11.3 Å². The number of nitrogens with one attached hydrogen (secondary N) is 1. The minimum absolute atomic E-state index is 0.139. The molecule has 0 radical (unpaired) electrons. The van der Waals surface area contributed by atoms with Crippen molar-refractivity contribution < 1.29 is 5.11 Å². The van der Waals surface area contributed by atoms with Gasteiger partial charge in [-0.05, 0) is 12.1 Å². The number of nitrogens with zero attached hydrogens (tertiary/aromatic N) is 3. The normalized spacial score (nSPS) is 10.3. The van der Waals surface area contributed by atoms with Crippen molar-refractivity contribution in [3.8, 4) is 0 Å². The minimum Gasteiger partial charge on any atom is -0.395 e. The van der Waals surface area contributed by atoms with Crippen LogP contribution in [0.15, 0.2) is 29.2 Å². The molecule has 18 heavy (non-hydrogen) atoms. The molecule has 0 aliphatic carbocycles. The maximum absolute atomic E-state index is 8.86. The average molecular weight is 264 g/mol. The zero-order chi connectivity index (χ0) is 12.8. The van der Waals surface area contributed by atoms with Crippen molar-refractivity contribution >= 4 is 22.8 Å². The van der Waals surface area contributed by atoms with Gasteiger partial charge in [-0.25, -0.2) is 9.97 Å². The molecule has 2 aromatic heterocycles. The average Bonchev–Trinajstić information content (AvgIpc) is 2.90. The smallest absolute Gasteiger partial charge is 0.126 e. The molecular weight excluding hydrogens is 248 g/mol. The highest BCUT2D eigenvalue weighted by Crippen LogP contribution is 2.14. The molecule has 96 valence electrons. The van der Waals surface area contributed by atoms with Crippen LogP contribution < -0.4 is 10.2 Å². The number of rotatable bonds is 6. The van der Waals surface area contributed by atoms with Gasteiger partial charge in [0.25, 0.3) is 0 Å². The Morgan fingerprint density at radius 3 is 2.89 bits per heavy atom. The summed E-state index contributed by atoms with van der Waals surface area (Å²) >= 11 is 1.58. The lowest BCUT2D eigenvalue weighted by Gasteiger charge is -2.17. The van der Waals surface area contributed by atoms with Crippen molar-refractivity contribution in [3.63, 3.8) is 0 Å². The van der Waals surface area contributed by atoms with Crippen molar-refractivity contribution in [2.45, 2.75) is 6.54 Å². The molecule has 0 atom stereocenters. The maximum Gasteiger partial charge on any atom is 0.126 e. The van der Waals surface area contributed by atoms with Gasteiger partial charge >= 0.3 is 0 Å². The number of hydrogen-bond donors (Lipinski definition) is 2. The van der Waals surface area contributed by atoms with Crippen molar-refractivity contribution in [2.75, 3.05) is 30.4 Å². The number of anilines is 2. The summed E-state index contributed by atoms with van der Waals surface area (Å²) in [4.78, 5) is 10.5. The first kappa shape index (κ1) is 12.8. The van der Waals surface area contributed by atoms with Gasteiger partial charge in [-0.3, -0.25) is 0 Å². The molecule has 2 heterocycles. The molecule has 5 nitrogen and oxygen atoms in total. The number of aliphatic hydroxyl groups is 1. The highest BCUT2D eigenvalue weighted by atomic mass is 32.1. The molecule has 2 rings (SSSR count). The number of hydrogen-bond acceptors (Lipinski definition) is 6. The van der Waals surface area contributed by atoms with Gasteiger partial charge in [-0.1, -0.05) is 0 Å². The second-order valence-electron chi connectivity index (χ2n) is 3.88. The molecule has 0 aliphatic rings. The quantitative estimate of drug-likeness (QED) is 0.829. The van der Waals surface area contributed by atoms with Crippen molar-refractivity contribution in [1.82, 2.24) is 9.97 Å². The second-order valence-corrected chi connectivity index (χ2v) is 4.60. The first-order valence-electron chi connectivity index (χ1n) is 5.68. The monoisotopic (exact) mass is 264 g/mol. The summed E-state index contributed by atoms with van der Waals surface area (Å²) in [7, 11) is 1.93. The Bertz CT molecular complexity index is 457. The number of pyridine rings is 1. The van der Waals surface area contributed by atoms with E-state index >= 15 is 0 Å². The number of likely N-dealkylation sites (N-methyl/N-ethyl adjacent to an activating group) is 1. The van der Waals surface area contributed by atoms with E-state index in [-0.39, 0.29) is 6.61 Å².